The Hall–Kier alpha value is -2.88. The number of rotatable bonds is 1. The van der Waals surface area contributed by atoms with E-state index in [0.29, 0.717) is 28.0 Å². The second-order valence-corrected chi connectivity index (χ2v) is 4.42. The molecule has 0 fully saturated rings. The van der Waals surface area contributed by atoms with Crippen molar-refractivity contribution in [2.24, 2.45) is 0 Å². The number of benzene rings is 2. The van der Waals surface area contributed by atoms with Gasteiger partial charge in [0.05, 0.1) is 5.97 Å². The molecule has 1 aliphatic heterocycles. The fourth-order valence-corrected chi connectivity index (χ4v) is 2.35. The van der Waals surface area contributed by atoms with Crippen LogP contribution in [0.3, 0.4) is 0 Å². The molecule has 1 N–H and O–H groups in total. The minimum absolute atomic E-state index is 0.255. The van der Waals surface area contributed by atoms with E-state index in [1.54, 1.807) is 48.5 Å². The standard InChI is InChI=1S/C16H11NO3/c18-15(19)9-13-10-5-1-2-7-12(10)16(20)17-14-8-4-3-6-11(13)14/h1-9H,(H,17,20)(H,18,19)/p-1/b13-9-. The Morgan fingerprint density at radius 3 is 2.25 bits per heavy atom. The third-order valence-electron chi connectivity index (χ3n) is 3.19. The molecule has 3 rings (SSSR count). The van der Waals surface area contributed by atoms with Crippen molar-refractivity contribution in [3.63, 3.8) is 0 Å². The van der Waals surface area contributed by atoms with Gasteiger partial charge in [-0.1, -0.05) is 36.4 Å². The predicted molar refractivity (Wildman–Crippen MR) is 72.9 cm³/mol. The third kappa shape index (κ3) is 1.97. The number of carboxylic acid groups (broad SMARTS) is 1. The Labute approximate surface area is 115 Å². The number of amides is 1. The first-order valence-electron chi connectivity index (χ1n) is 6.09. The maximum Gasteiger partial charge on any atom is 0.256 e. The van der Waals surface area contributed by atoms with Crippen LogP contribution in [-0.2, 0) is 4.79 Å². The molecule has 20 heavy (non-hydrogen) atoms. The molecule has 0 aromatic heterocycles. The number of carbonyl (C=O) groups excluding carboxylic acids is 2. The molecule has 0 aliphatic carbocycles. The van der Waals surface area contributed by atoms with Crippen LogP contribution in [0.1, 0.15) is 21.5 Å². The summed E-state index contributed by atoms with van der Waals surface area (Å²) in [6, 6.07) is 14.0. The number of anilines is 1. The summed E-state index contributed by atoms with van der Waals surface area (Å²) in [5, 5.41) is 13.8. The third-order valence-corrected chi connectivity index (χ3v) is 3.19. The topological polar surface area (TPSA) is 69.2 Å². The van der Waals surface area contributed by atoms with Crippen LogP contribution in [0.2, 0.25) is 0 Å². The highest BCUT2D eigenvalue weighted by atomic mass is 16.4. The average molecular weight is 264 g/mol. The molecule has 4 nitrogen and oxygen atoms in total. The van der Waals surface area contributed by atoms with Gasteiger partial charge in [0, 0.05) is 16.8 Å². The lowest BCUT2D eigenvalue weighted by atomic mass is 9.94. The number of carbonyl (C=O) groups is 2. The van der Waals surface area contributed by atoms with E-state index in [0.717, 1.165) is 6.08 Å². The van der Waals surface area contributed by atoms with Gasteiger partial charge in [0.15, 0.2) is 0 Å². The lowest BCUT2D eigenvalue weighted by molar-refractivity contribution is -0.297. The van der Waals surface area contributed by atoms with E-state index in [2.05, 4.69) is 5.32 Å². The fraction of sp³-hybridized carbons (Fsp3) is 0. The first kappa shape index (κ1) is 12.2. The van der Waals surface area contributed by atoms with Crippen molar-refractivity contribution >= 4 is 23.1 Å². The van der Waals surface area contributed by atoms with Gasteiger partial charge in [-0.05, 0) is 29.3 Å². The van der Waals surface area contributed by atoms with Crippen molar-refractivity contribution in [3.8, 4) is 0 Å². The first-order chi connectivity index (χ1) is 9.66. The Balaban J connectivity index is 2.35. The zero-order valence-corrected chi connectivity index (χ0v) is 10.4. The molecule has 0 atom stereocenters. The minimum Gasteiger partial charge on any atom is -0.545 e. The Morgan fingerprint density at radius 1 is 0.950 bits per heavy atom. The van der Waals surface area contributed by atoms with E-state index in [1.165, 1.54) is 0 Å². The van der Waals surface area contributed by atoms with E-state index >= 15 is 0 Å². The molecular formula is C16H10NO3-. The predicted octanol–water partition coefficient (Wildman–Crippen LogP) is 1.43. The van der Waals surface area contributed by atoms with Gasteiger partial charge < -0.3 is 15.2 Å². The highest BCUT2D eigenvalue weighted by Gasteiger charge is 2.22. The normalized spacial score (nSPS) is 15.0. The van der Waals surface area contributed by atoms with E-state index in [-0.39, 0.29) is 5.91 Å². The zero-order valence-electron chi connectivity index (χ0n) is 10.4. The minimum atomic E-state index is -1.29. The number of hydrogen-bond donors (Lipinski definition) is 1. The van der Waals surface area contributed by atoms with Crippen molar-refractivity contribution in [2.45, 2.75) is 0 Å². The van der Waals surface area contributed by atoms with Crippen molar-refractivity contribution in [1.29, 1.82) is 0 Å². The van der Waals surface area contributed by atoms with Crippen molar-refractivity contribution in [3.05, 3.63) is 71.3 Å². The molecule has 2 aromatic carbocycles. The van der Waals surface area contributed by atoms with Crippen LogP contribution in [0.15, 0.2) is 54.6 Å². The quantitative estimate of drug-likeness (QED) is 0.792. The molecule has 1 heterocycles. The molecule has 1 amide bonds. The van der Waals surface area contributed by atoms with Crippen LogP contribution >= 0.6 is 0 Å². The molecule has 98 valence electrons. The molecular weight excluding hydrogens is 254 g/mol. The summed E-state index contributed by atoms with van der Waals surface area (Å²) in [5.74, 6) is -1.55. The van der Waals surface area contributed by atoms with Gasteiger partial charge in [0.2, 0.25) is 0 Å². The van der Waals surface area contributed by atoms with Gasteiger partial charge in [-0.2, -0.15) is 0 Å². The molecule has 1 aliphatic rings. The van der Waals surface area contributed by atoms with Crippen LogP contribution in [0.25, 0.3) is 5.57 Å². The van der Waals surface area contributed by atoms with Gasteiger partial charge in [0.1, 0.15) is 0 Å². The number of fused-ring (bicyclic) bond motifs is 2. The van der Waals surface area contributed by atoms with Crippen LogP contribution < -0.4 is 10.4 Å². The summed E-state index contributed by atoms with van der Waals surface area (Å²) in [6.45, 7) is 0. The van der Waals surface area contributed by atoms with Crippen LogP contribution in [0.5, 0.6) is 0 Å². The van der Waals surface area contributed by atoms with Gasteiger partial charge >= 0.3 is 0 Å². The van der Waals surface area contributed by atoms with Gasteiger partial charge in [-0.25, -0.2) is 0 Å². The number of nitrogens with one attached hydrogen (secondary N) is 1. The maximum atomic E-state index is 12.2. The molecule has 2 aromatic rings. The summed E-state index contributed by atoms with van der Waals surface area (Å²) in [4.78, 5) is 23.2. The highest BCUT2D eigenvalue weighted by Crippen LogP contribution is 2.34. The number of hydrogen-bond acceptors (Lipinski definition) is 3. The molecule has 0 spiro atoms. The van der Waals surface area contributed by atoms with E-state index in [1.807, 2.05) is 0 Å². The molecule has 4 heteroatoms. The first-order valence-corrected chi connectivity index (χ1v) is 6.09. The van der Waals surface area contributed by atoms with E-state index in [4.69, 9.17) is 0 Å². The Bertz CT molecular complexity index is 747. The van der Waals surface area contributed by atoms with E-state index < -0.39 is 5.97 Å². The van der Waals surface area contributed by atoms with E-state index in [9.17, 15) is 14.7 Å². The second-order valence-electron chi connectivity index (χ2n) is 4.42. The van der Waals surface area contributed by atoms with Crippen LogP contribution in [0.4, 0.5) is 5.69 Å². The lowest BCUT2D eigenvalue weighted by Gasteiger charge is -2.10. The summed E-state index contributed by atoms with van der Waals surface area (Å²) < 4.78 is 0. The fourth-order valence-electron chi connectivity index (χ4n) is 2.35. The van der Waals surface area contributed by atoms with Crippen molar-refractivity contribution in [1.82, 2.24) is 0 Å². The number of carboxylic acids is 1. The maximum absolute atomic E-state index is 12.2. The monoisotopic (exact) mass is 264 g/mol. The van der Waals surface area contributed by atoms with Crippen LogP contribution in [-0.4, -0.2) is 11.9 Å². The summed E-state index contributed by atoms with van der Waals surface area (Å²) in [5.41, 5.74) is 2.74. The average Bonchev–Trinajstić information content (AvgIpc) is 2.55. The summed E-state index contributed by atoms with van der Waals surface area (Å²) in [6.07, 6.45) is 1.03. The molecule has 0 unspecified atom stereocenters. The molecule has 0 saturated carbocycles. The van der Waals surface area contributed by atoms with Gasteiger partial charge in [-0.15, -0.1) is 0 Å². The lowest BCUT2D eigenvalue weighted by Crippen LogP contribution is -2.19. The smallest absolute Gasteiger partial charge is 0.256 e. The zero-order chi connectivity index (χ0) is 14.1. The summed E-state index contributed by atoms with van der Waals surface area (Å²) in [7, 11) is 0. The Morgan fingerprint density at radius 2 is 1.55 bits per heavy atom. The van der Waals surface area contributed by atoms with Gasteiger partial charge in [-0.3, -0.25) is 4.79 Å². The molecule has 0 bridgehead atoms. The molecule has 0 saturated heterocycles. The second kappa shape index (κ2) is 4.66. The molecule has 0 radical (unpaired) electrons. The SMILES string of the molecule is O=C([O-])/C=C1\c2ccccc2NC(=O)c2ccccc21. The highest BCUT2D eigenvalue weighted by molar-refractivity contribution is 6.14. The Kier molecular flexibility index (Phi) is 2.84. The van der Waals surface area contributed by atoms with Crippen molar-refractivity contribution < 1.29 is 14.7 Å². The number of para-hydroxylation sites is 1. The summed E-state index contributed by atoms with van der Waals surface area (Å²) >= 11 is 0. The van der Waals surface area contributed by atoms with Crippen LogP contribution in [0, 0.1) is 0 Å². The van der Waals surface area contributed by atoms with Gasteiger partial charge in [0.25, 0.3) is 5.91 Å². The largest absolute Gasteiger partial charge is 0.545 e. The number of aliphatic carboxylic acids is 1. The van der Waals surface area contributed by atoms with Crippen molar-refractivity contribution in [2.75, 3.05) is 5.32 Å².